The van der Waals surface area contributed by atoms with Crippen molar-refractivity contribution in [1.29, 1.82) is 0 Å². The molecule has 2 unspecified atom stereocenters. The molecule has 6 heteroatoms. The Balaban J connectivity index is 1.13. The highest BCUT2D eigenvalue weighted by atomic mass is 16.5. The van der Waals surface area contributed by atoms with Crippen LogP contribution in [0.3, 0.4) is 0 Å². The number of hydrogen-bond acceptors (Lipinski definition) is 5. The number of rotatable bonds is 11. The zero-order valence-corrected chi connectivity index (χ0v) is 20.4. The Morgan fingerprint density at radius 2 is 1.66 bits per heavy atom. The van der Waals surface area contributed by atoms with Gasteiger partial charge in [-0.05, 0) is 81.2 Å². The lowest BCUT2D eigenvalue weighted by molar-refractivity contribution is -0.149. The Kier molecular flexibility index (Phi) is 8.56. The lowest BCUT2D eigenvalue weighted by Gasteiger charge is -2.27. The van der Waals surface area contributed by atoms with E-state index < -0.39 is 0 Å². The number of hydrogen-bond donors (Lipinski definition) is 1. The molecule has 1 amide bonds. The molecule has 2 saturated carbocycles. The summed E-state index contributed by atoms with van der Waals surface area (Å²) in [6.45, 7) is 2.76. The quantitative estimate of drug-likeness (QED) is 0.278. The number of amides is 1. The molecule has 0 aromatic heterocycles. The van der Waals surface area contributed by atoms with E-state index in [9.17, 15) is 14.4 Å². The van der Waals surface area contributed by atoms with Crippen LogP contribution < -0.4 is 10.1 Å². The number of Topliss-reactive ketones (excluding diaryl/α,β-unsaturated/α-hetero) is 1. The zero-order chi connectivity index (χ0) is 24.6. The van der Waals surface area contributed by atoms with Crippen LogP contribution in [0, 0.1) is 11.8 Å². The topological polar surface area (TPSA) is 81.7 Å². The summed E-state index contributed by atoms with van der Waals surface area (Å²) in [5, 5.41) is 2.98. The van der Waals surface area contributed by atoms with Gasteiger partial charge in [-0.1, -0.05) is 30.3 Å². The molecular weight excluding hydrogens is 442 g/mol. The minimum absolute atomic E-state index is 0.0193. The fraction of sp³-hybridized carbons (Fsp3) is 0.483. The summed E-state index contributed by atoms with van der Waals surface area (Å²) < 4.78 is 11.2. The van der Waals surface area contributed by atoms with E-state index in [1.165, 1.54) is 5.56 Å². The van der Waals surface area contributed by atoms with Crippen LogP contribution in [-0.4, -0.2) is 36.9 Å². The number of ether oxygens (including phenoxy) is 2. The Bertz CT molecular complexity index is 995. The molecule has 0 heterocycles. The fourth-order valence-corrected chi connectivity index (χ4v) is 4.88. The lowest BCUT2D eigenvalue weighted by atomic mass is 9.87. The van der Waals surface area contributed by atoms with E-state index >= 15 is 0 Å². The average Bonchev–Trinajstić information content (AvgIpc) is 3.69. The molecule has 2 aliphatic carbocycles. The minimum atomic E-state index is -0.0997. The van der Waals surface area contributed by atoms with E-state index in [0.717, 1.165) is 37.9 Å². The molecule has 4 rings (SSSR count). The van der Waals surface area contributed by atoms with E-state index in [1.54, 1.807) is 12.1 Å². The molecule has 0 spiro atoms. The normalized spacial score (nSPS) is 23.2. The highest BCUT2D eigenvalue weighted by Crippen LogP contribution is 2.47. The molecule has 2 atom stereocenters. The maximum absolute atomic E-state index is 12.5. The number of esters is 1. The van der Waals surface area contributed by atoms with Crippen molar-refractivity contribution in [3.05, 3.63) is 65.7 Å². The Morgan fingerprint density at radius 1 is 0.943 bits per heavy atom. The monoisotopic (exact) mass is 477 g/mol. The van der Waals surface area contributed by atoms with Gasteiger partial charge in [0.05, 0.1) is 18.6 Å². The molecule has 2 aromatic carbocycles. The molecule has 2 aliphatic rings. The zero-order valence-electron chi connectivity index (χ0n) is 20.4. The van der Waals surface area contributed by atoms with Gasteiger partial charge >= 0.3 is 5.97 Å². The maximum Gasteiger partial charge on any atom is 0.308 e. The first kappa shape index (κ1) is 25.0. The molecule has 2 fully saturated rings. The molecule has 0 bridgehead atoms. The van der Waals surface area contributed by atoms with Crippen molar-refractivity contribution in [2.45, 2.75) is 63.9 Å². The summed E-state index contributed by atoms with van der Waals surface area (Å²) in [6, 6.07) is 17.4. The number of nitrogens with one attached hydrogen (secondary N) is 1. The van der Waals surface area contributed by atoms with Gasteiger partial charge in [-0.3, -0.25) is 14.4 Å². The van der Waals surface area contributed by atoms with E-state index in [2.05, 4.69) is 17.4 Å². The van der Waals surface area contributed by atoms with Gasteiger partial charge in [-0.2, -0.15) is 0 Å². The molecular formula is C29H35NO5. The molecule has 0 radical (unpaired) electrons. The van der Waals surface area contributed by atoms with Crippen LogP contribution in [0.4, 0.5) is 0 Å². The third kappa shape index (κ3) is 6.93. The highest BCUT2D eigenvalue weighted by Gasteiger charge is 2.43. The van der Waals surface area contributed by atoms with Gasteiger partial charge < -0.3 is 14.8 Å². The first-order valence-corrected chi connectivity index (χ1v) is 12.8. The van der Waals surface area contributed by atoms with Gasteiger partial charge in [0, 0.05) is 24.4 Å². The van der Waals surface area contributed by atoms with E-state index in [-0.39, 0.29) is 35.6 Å². The predicted octanol–water partition coefficient (Wildman–Crippen LogP) is 5.07. The second kappa shape index (κ2) is 12.0. The van der Waals surface area contributed by atoms with Crippen molar-refractivity contribution in [2.75, 3.05) is 13.2 Å². The first-order valence-electron chi connectivity index (χ1n) is 12.8. The fourth-order valence-electron chi connectivity index (χ4n) is 4.88. The second-order valence-electron chi connectivity index (χ2n) is 9.55. The number of carbonyl (C=O) groups is 3. The number of ketones is 1. The van der Waals surface area contributed by atoms with Crippen molar-refractivity contribution in [3.63, 3.8) is 0 Å². The first-order chi connectivity index (χ1) is 17.0. The maximum atomic E-state index is 12.5. The average molecular weight is 478 g/mol. The molecule has 6 nitrogen and oxygen atoms in total. The number of benzene rings is 2. The smallest absolute Gasteiger partial charge is 0.308 e. The molecule has 1 N–H and O–H groups in total. The Labute approximate surface area is 207 Å². The van der Waals surface area contributed by atoms with E-state index in [4.69, 9.17) is 9.47 Å². The summed E-state index contributed by atoms with van der Waals surface area (Å²) >= 11 is 0. The summed E-state index contributed by atoms with van der Waals surface area (Å²) in [6.07, 6.45) is 5.20. The van der Waals surface area contributed by atoms with Crippen molar-refractivity contribution in [2.24, 2.45) is 11.8 Å². The Hall–Kier alpha value is -3.15. The van der Waals surface area contributed by atoms with Crippen molar-refractivity contribution in [1.82, 2.24) is 5.32 Å². The van der Waals surface area contributed by atoms with Gasteiger partial charge in [-0.15, -0.1) is 0 Å². The van der Waals surface area contributed by atoms with Crippen molar-refractivity contribution < 1.29 is 23.9 Å². The van der Waals surface area contributed by atoms with Crippen LogP contribution >= 0.6 is 0 Å². The minimum Gasteiger partial charge on any atom is -0.490 e. The standard InChI is InChI=1S/C29H35NO5/c1-2-34-29(33)22-12-16-24(17-13-22)35-23-14-10-21(11-15-23)27(31)9-6-18-30-28(32)26-19-25(26)20-7-4-3-5-8-20/h3-5,7-8,10-11,14-15,22,24-26H,2,6,9,12-13,16-19H2,1H3,(H,30,32). The Morgan fingerprint density at radius 3 is 2.34 bits per heavy atom. The van der Waals surface area contributed by atoms with Gasteiger partial charge in [0.25, 0.3) is 0 Å². The van der Waals surface area contributed by atoms with Crippen LogP contribution in [0.5, 0.6) is 5.75 Å². The molecule has 0 aliphatic heterocycles. The SMILES string of the molecule is CCOC(=O)C1CCC(Oc2ccc(C(=O)CCCNC(=O)C3CC3c3ccccc3)cc2)CC1. The van der Waals surface area contributed by atoms with Crippen molar-refractivity contribution >= 4 is 17.7 Å². The van der Waals surface area contributed by atoms with Crippen LogP contribution in [-0.2, 0) is 14.3 Å². The molecule has 35 heavy (non-hydrogen) atoms. The van der Waals surface area contributed by atoms with Crippen LogP contribution in [0.25, 0.3) is 0 Å². The van der Waals surface area contributed by atoms with Gasteiger partial charge in [-0.25, -0.2) is 0 Å². The van der Waals surface area contributed by atoms with Crippen LogP contribution in [0.2, 0.25) is 0 Å². The summed E-state index contributed by atoms with van der Waals surface area (Å²) in [7, 11) is 0. The lowest BCUT2D eigenvalue weighted by Crippen LogP contribution is -2.29. The number of carbonyl (C=O) groups excluding carboxylic acids is 3. The summed E-state index contributed by atoms with van der Waals surface area (Å²) in [5.41, 5.74) is 1.88. The van der Waals surface area contributed by atoms with Gasteiger partial charge in [0.1, 0.15) is 5.75 Å². The van der Waals surface area contributed by atoms with Crippen molar-refractivity contribution in [3.8, 4) is 5.75 Å². The van der Waals surface area contributed by atoms with E-state index in [0.29, 0.717) is 37.5 Å². The van der Waals surface area contributed by atoms with Gasteiger partial charge in [0.15, 0.2) is 5.78 Å². The third-order valence-electron chi connectivity index (χ3n) is 7.01. The van der Waals surface area contributed by atoms with Crippen LogP contribution in [0.15, 0.2) is 54.6 Å². The van der Waals surface area contributed by atoms with Crippen LogP contribution in [0.1, 0.15) is 73.7 Å². The summed E-state index contributed by atoms with van der Waals surface area (Å²) in [5.74, 6) is 1.16. The molecule has 2 aromatic rings. The highest BCUT2D eigenvalue weighted by molar-refractivity contribution is 5.96. The predicted molar refractivity (Wildman–Crippen MR) is 133 cm³/mol. The van der Waals surface area contributed by atoms with Gasteiger partial charge in [0.2, 0.25) is 5.91 Å². The summed E-state index contributed by atoms with van der Waals surface area (Å²) in [4.78, 5) is 36.8. The largest absolute Gasteiger partial charge is 0.490 e. The molecule has 0 saturated heterocycles. The second-order valence-corrected chi connectivity index (χ2v) is 9.55. The van der Waals surface area contributed by atoms with E-state index in [1.807, 2.05) is 37.3 Å². The third-order valence-corrected chi connectivity index (χ3v) is 7.01. The molecule has 186 valence electrons.